The first-order valence-corrected chi connectivity index (χ1v) is 12.1. The molecule has 5 nitrogen and oxygen atoms in total. The van der Waals surface area contributed by atoms with Crippen molar-refractivity contribution in [3.05, 3.63) is 65.0 Å². The Labute approximate surface area is 204 Å². The molecule has 2 unspecified atom stereocenters. The molecule has 35 heavy (non-hydrogen) atoms. The second-order valence-electron chi connectivity index (χ2n) is 10.2. The normalized spacial score (nSPS) is 15.3. The third kappa shape index (κ3) is 4.26. The number of alkyl halides is 1. The van der Waals surface area contributed by atoms with Gasteiger partial charge in [-0.15, -0.1) is 0 Å². The lowest BCUT2D eigenvalue weighted by molar-refractivity contribution is -0.0821. The van der Waals surface area contributed by atoms with Crippen molar-refractivity contribution in [3.8, 4) is 16.9 Å². The van der Waals surface area contributed by atoms with E-state index in [9.17, 15) is 9.50 Å². The number of hydrogen-bond acceptors (Lipinski definition) is 5. The molecule has 1 N–H and O–H groups in total. The van der Waals surface area contributed by atoms with Crippen molar-refractivity contribution in [1.82, 2.24) is 9.97 Å². The summed E-state index contributed by atoms with van der Waals surface area (Å²) < 4.78 is 26.4. The lowest BCUT2D eigenvalue weighted by atomic mass is 9.86. The number of aromatic nitrogens is 2. The quantitative estimate of drug-likeness (QED) is 0.354. The molecule has 0 bridgehead atoms. The zero-order valence-electron chi connectivity index (χ0n) is 20.9. The van der Waals surface area contributed by atoms with Crippen LogP contribution in [-0.4, -0.2) is 33.9 Å². The van der Waals surface area contributed by atoms with Crippen molar-refractivity contribution in [3.63, 3.8) is 0 Å². The van der Waals surface area contributed by atoms with Gasteiger partial charge < -0.3 is 14.6 Å². The Morgan fingerprint density at radius 1 is 1.17 bits per heavy atom. The van der Waals surface area contributed by atoms with Crippen molar-refractivity contribution >= 4 is 21.8 Å². The zero-order chi connectivity index (χ0) is 24.9. The summed E-state index contributed by atoms with van der Waals surface area (Å²) in [6, 6.07) is 11.7. The molecule has 2 aromatic carbocycles. The molecule has 6 heteroatoms. The summed E-state index contributed by atoms with van der Waals surface area (Å²) in [4.78, 5) is 9.42. The first kappa shape index (κ1) is 23.6. The second-order valence-corrected chi connectivity index (χ2v) is 10.2. The van der Waals surface area contributed by atoms with E-state index in [4.69, 9.17) is 14.5 Å². The van der Waals surface area contributed by atoms with Crippen molar-refractivity contribution in [1.29, 1.82) is 0 Å². The number of pyridine rings is 2. The molecule has 2 aromatic heterocycles. The van der Waals surface area contributed by atoms with Gasteiger partial charge in [-0.1, -0.05) is 6.07 Å². The van der Waals surface area contributed by atoms with E-state index < -0.39 is 17.9 Å². The number of hydrogen-bond donors (Lipinski definition) is 1. The van der Waals surface area contributed by atoms with Crippen LogP contribution in [0.2, 0.25) is 0 Å². The molecule has 0 fully saturated rings. The van der Waals surface area contributed by atoms with Gasteiger partial charge in [0, 0.05) is 29.0 Å². The molecule has 0 amide bonds. The number of benzene rings is 2. The number of rotatable bonds is 5. The zero-order valence-corrected chi connectivity index (χ0v) is 20.9. The van der Waals surface area contributed by atoms with Crippen LogP contribution in [0.3, 0.4) is 0 Å². The van der Waals surface area contributed by atoms with Gasteiger partial charge in [0.05, 0.1) is 35.5 Å². The van der Waals surface area contributed by atoms with E-state index in [-0.39, 0.29) is 6.61 Å². The maximum atomic E-state index is 14.1. The van der Waals surface area contributed by atoms with E-state index in [0.717, 1.165) is 50.7 Å². The summed E-state index contributed by atoms with van der Waals surface area (Å²) in [5, 5.41) is 12.3. The minimum atomic E-state index is -1.17. The highest BCUT2D eigenvalue weighted by atomic mass is 19.1. The molecule has 4 aromatic rings. The molecule has 1 aliphatic rings. The summed E-state index contributed by atoms with van der Waals surface area (Å²) in [5.74, 6) is 0.827. The maximum absolute atomic E-state index is 14.1. The molecule has 0 saturated carbocycles. The fourth-order valence-corrected chi connectivity index (χ4v) is 5.08. The van der Waals surface area contributed by atoms with Gasteiger partial charge in [-0.25, -0.2) is 9.37 Å². The fraction of sp³-hybridized carbons (Fsp3) is 0.379. The minimum Gasteiger partial charge on any atom is -0.493 e. The van der Waals surface area contributed by atoms with Crippen molar-refractivity contribution < 1.29 is 19.0 Å². The molecule has 0 saturated heterocycles. The number of aryl methyl sites for hydroxylation is 1. The van der Waals surface area contributed by atoms with Crippen molar-refractivity contribution in [2.24, 2.45) is 0 Å². The summed E-state index contributed by atoms with van der Waals surface area (Å²) in [7, 11) is 0. The Kier molecular flexibility index (Phi) is 5.98. The van der Waals surface area contributed by atoms with Crippen molar-refractivity contribution in [2.45, 2.75) is 58.9 Å². The molecule has 1 aliphatic heterocycles. The van der Waals surface area contributed by atoms with E-state index in [0.29, 0.717) is 17.8 Å². The molecule has 182 valence electrons. The SMILES string of the molecule is Cc1cc2nc(C(C)F)ccc2c(-c2ccc3c4c(ccnc24)CCO3)c1C(CO)OC(C)(C)C. The summed E-state index contributed by atoms with van der Waals surface area (Å²) >= 11 is 0. The molecule has 0 radical (unpaired) electrons. The smallest absolute Gasteiger partial charge is 0.139 e. The van der Waals surface area contributed by atoms with Gasteiger partial charge in [-0.05, 0) is 87.2 Å². The Morgan fingerprint density at radius 2 is 1.97 bits per heavy atom. The number of halogens is 1. The molecule has 2 atom stereocenters. The highest BCUT2D eigenvalue weighted by Gasteiger charge is 2.28. The number of aliphatic hydroxyl groups is 1. The number of fused-ring (bicyclic) bond motifs is 1. The van der Waals surface area contributed by atoms with Gasteiger partial charge >= 0.3 is 0 Å². The van der Waals surface area contributed by atoms with E-state index in [1.54, 1.807) is 6.07 Å². The van der Waals surface area contributed by atoms with E-state index in [1.807, 2.05) is 64.2 Å². The van der Waals surface area contributed by atoms with Crippen LogP contribution in [-0.2, 0) is 11.2 Å². The second kappa shape index (κ2) is 8.85. The molecular weight excluding hydrogens is 443 g/mol. The monoisotopic (exact) mass is 474 g/mol. The third-order valence-corrected chi connectivity index (χ3v) is 6.49. The maximum Gasteiger partial charge on any atom is 0.139 e. The Balaban J connectivity index is 1.88. The minimum absolute atomic E-state index is 0.179. The highest BCUT2D eigenvalue weighted by Crippen LogP contribution is 2.44. The predicted molar refractivity (Wildman–Crippen MR) is 137 cm³/mol. The predicted octanol–water partition coefficient (Wildman–Crippen LogP) is 6.57. The highest BCUT2D eigenvalue weighted by molar-refractivity contribution is 6.07. The van der Waals surface area contributed by atoms with E-state index in [2.05, 4.69) is 4.98 Å². The molecular formula is C29H31FN2O3. The van der Waals surface area contributed by atoms with Crippen LogP contribution < -0.4 is 4.74 Å². The topological polar surface area (TPSA) is 64.5 Å². The lowest BCUT2D eigenvalue weighted by Crippen LogP contribution is -2.25. The fourth-order valence-electron chi connectivity index (χ4n) is 5.08. The van der Waals surface area contributed by atoms with Gasteiger partial charge in [0.2, 0.25) is 0 Å². The number of ether oxygens (including phenoxy) is 2. The van der Waals surface area contributed by atoms with Gasteiger partial charge in [0.15, 0.2) is 0 Å². The van der Waals surface area contributed by atoms with Crippen LogP contribution in [0.4, 0.5) is 4.39 Å². The van der Waals surface area contributed by atoms with Gasteiger partial charge in [0.1, 0.15) is 18.0 Å². The van der Waals surface area contributed by atoms with Crippen LogP contribution in [0.5, 0.6) is 5.75 Å². The Morgan fingerprint density at radius 3 is 2.69 bits per heavy atom. The van der Waals surface area contributed by atoms with Gasteiger partial charge in [0.25, 0.3) is 0 Å². The van der Waals surface area contributed by atoms with Crippen molar-refractivity contribution in [2.75, 3.05) is 13.2 Å². The number of nitrogens with zero attached hydrogens (tertiary/aromatic N) is 2. The largest absolute Gasteiger partial charge is 0.493 e. The van der Waals surface area contributed by atoms with Crippen LogP contribution >= 0.6 is 0 Å². The first-order chi connectivity index (χ1) is 16.7. The standard InChI is InChI=1S/C29H31FN2O3/c1-16-14-22-19(6-8-21(32-22)17(2)30)27(25(16)24(15-33)35-29(3,4)5)20-7-9-23-26-18(11-13-34-23)10-12-31-28(20)26/h6-10,12,14,17,24,33H,11,13,15H2,1-5H3. The Bertz CT molecular complexity index is 1420. The molecule has 0 spiro atoms. The number of aliphatic hydroxyl groups excluding tert-OH is 1. The van der Waals surface area contributed by atoms with Crippen LogP contribution in [0.25, 0.3) is 32.9 Å². The summed E-state index contributed by atoms with van der Waals surface area (Å²) in [6.07, 6.45) is 0.931. The first-order valence-electron chi connectivity index (χ1n) is 12.1. The average Bonchev–Trinajstić information content (AvgIpc) is 2.82. The molecule has 5 rings (SSSR count). The molecule has 0 aliphatic carbocycles. The lowest BCUT2D eigenvalue weighted by Gasteiger charge is -2.30. The third-order valence-electron chi connectivity index (χ3n) is 6.49. The molecule has 3 heterocycles. The van der Waals surface area contributed by atoms with Crippen LogP contribution in [0.1, 0.15) is 62.4 Å². The van der Waals surface area contributed by atoms with E-state index >= 15 is 0 Å². The average molecular weight is 475 g/mol. The van der Waals surface area contributed by atoms with E-state index in [1.165, 1.54) is 12.5 Å². The summed E-state index contributed by atoms with van der Waals surface area (Å²) in [6.45, 7) is 9.87. The van der Waals surface area contributed by atoms with Crippen LogP contribution in [0, 0.1) is 6.92 Å². The Hall–Kier alpha value is -3.09. The van der Waals surface area contributed by atoms with Gasteiger partial charge in [-0.3, -0.25) is 4.98 Å². The van der Waals surface area contributed by atoms with Crippen LogP contribution in [0.15, 0.2) is 42.6 Å². The summed E-state index contributed by atoms with van der Waals surface area (Å²) in [5.41, 5.74) is 6.28. The van der Waals surface area contributed by atoms with Gasteiger partial charge in [-0.2, -0.15) is 0 Å².